The van der Waals surface area contributed by atoms with E-state index in [2.05, 4.69) is 107 Å². The Bertz CT molecular complexity index is 954. The molecule has 0 aliphatic rings. The monoisotopic (exact) mass is 358 g/mol. The highest BCUT2D eigenvalue weighted by Crippen LogP contribution is 2.35. The topological polar surface area (TPSA) is 0 Å². The predicted molar refractivity (Wildman–Crippen MR) is 103 cm³/mol. The molecule has 0 bridgehead atoms. The summed E-state index contributed by atoms with van der Waals surface area (Å²) in [6.45, 7) is 0. The molecule has 0 fully saturated rings. The molecule has 23 heavy (non-hydrogen) atoms. The largest absolute Gasteiger partial charge is 0.0622 e. The lowest BCUT2D eigenvalue weighted by Gasteiger charge is -2.12. The second-order valence-electron chi connectivity index (χ2n) is 5.58. The molecule has 0 aromatic heterocycles. The van der Waals surface area contributed by atoms with Gasteiger partial charge in [0.25, 0.3) is 0 Å². The standard InChI is InChI=1S/C22H15Br/c23-18-12-10-17(11-13-18)20-15-14-19(16-6-2-1-3-7-16)21-8-4-5-9-22(20)21/h1-15H. The van der Waals surface area contributed by atoms with Gasteiger partial charge < -0.3 is 0 Å². The maximum Gasteiger partial charge on any atom is 0.0175 e. The zero-order valence-corrected chi connectivity index (χ0v) is 14.1. The molecule has 0 unspecified atom stereocenters. The summed E-state index contributed by atoms with van der Waals surface area (Å²) >= 11 is 3.51. The summed E-state index contributed by atoms with van der Waals surface area (Å²) in [6.07, 6.45) is 0. The van der Waals surface area contributed by atoms with Crippen molar-refractivity contribution in [1.82, 2.24) is 0 Å². The first-order chi connectivity index (χ1) is 11.3. The molecule has 0 radical (unpaired) electrons. The Hall–Kier alpha value is -2.38. The average molecular weight is 359 g/mol. The Morgan fingerprint density at radius 2 is 0.913 bits per heavy atom. The van der Waals surface area contributed by atoms with E-state index in [1.807, 2.05) is 0 Å². The van der Waals surface area contributed by atoms with Gasteiger partial charge >= 0.3 is 0 Å². The van der Waals surface area contributed by atoms with Gasteiger partial charge in [-0.05, 0) is 45.2 Å². The Balaban J connectivity index is 1.97. The van der Waals surface area contributed by atoms with Crippen molar-refractivity contribution in [2.24, 2.45) is 0 Å². The van der Waals surface area contributed by atoms with E-state index in [1.54, 1.807) is 0 Å². The summed E-state index contributed by atoms with van der Waals surface area (Å²) in [6, 6.07) is 32.2. The molecule has 0 N–H and O–H groups in total. The fraction of sp³-hybridized carbons (Fsp3) is 0. The van der Waals surface area contributed by atoms with Gasteiger partial charge in [0.15, 0.2) is 0 Å². The summed E-state index contributed by atoms with van der Waals surface area (Å²) < 4.78 is 1.10. The Labute approximate surface area is 144 Å². The number of halogens is 1. The fourth-order valence-corrected chi connectivity index (χ4v) is 3.31. The summed E-state index contributed by atoms with van der Waals surface area (Å²) in [5.41, 5.74) is 5.05. The van der Waals surface area contributed by atoms with E-state index in [0.29, 0.717) is 0 Å². The van der Waals surface area contributed by atoms with E-state index in [-0.39, 0.29) is 0 Å². The van der Waals surface area contributed by atoms with Gasteiger partial charge in [0, 0.05) is 4.47 Å². The van der Waals surface area contributed by atoms with Crippen LogP contribution < -0.4 is 0 Å². The molecule has 0 heterocycles. The second kappa shape index (κ2) is 6.02. The fourth-order valence-electron chi connectivity index (χ4n) is 3.05. The van der Waals surface area contributed by atoms with Crippen LogP contribution in [0.25, 0.3) is 33.0 Å². The molecule has 4 aromatic rings. The molecule has 0 atom stereocenters. The van der Waals surface area contributed by atoms with Gasteiger partial charge in [0.2, 0.25) is 0 Å². The lowest BCUT2D eigenvalue weighted by molar-refractivity contribution is 1.61. The van der Waals surface area contributed by atoms with Crippen LogP contribution in [0.3, 0.4) is 0 Å². The van der Waals surface area contributed by atoms with Crippen LogP contribution in [0.1, 0.15) is 0 Å². The minimum absolute atomic E-state index is 1.10. The van der Waals surface area contributed by atoms with Gasteiger partial charge in [0.1, 0.15) is 0 Å². The van der Waals surface area contributed by atoms with Crippen LogP contribution in [0.2, 0.25) is 0 Å². The molecular formula is C22H15Br. The normalized spacial score (nSPS) is 10.8. The highest BCUT2D eigenvalue weighted by molar-refractivity contribution is 9.10. The van der Waals surface area contributed by atoms with E-state index >= 15 is 0 Å². The minimum Gasteiger partial charge on any atom is -0.0622 e. The zero-order chi connectivity index (χ0) is 15.6. The minimum atomic E-state index is 1.10. The van der Waals surface area contributed by atoms with Crippen molar-refractivity contribution in [2.75, 3.05) is 0 Å². The first kappa shape index (κ1) is 14.2. The molecule has 0 amide bonds. The summed E-state index contributed by atoms with van der Waals surface area (Å²) in [7, 11) is 0. The molecule has 4 rings (SSSR count). The third-order valence-corrected chi connectivity index (χ3v) is 4.69. The first-order valence-electron chi connectivity index (χ1n) is 7.66. The third-order valence-electron chi connectivity index (χ3n) is 4.16. The first-order valence-corrected chi connectivity index (χ1v) is 8.45. The van der Waals surface area contributed by atoms with Crippen molar-refractivity contribution in [2.45, 2.75) is 0 Å². The molecule has 0 nitrogen and oxygen atoms in total. The van der Waals surface area contributed by atoms with Gasteiger partial charge in [-0.3, -0.25) is 0 Å². The molecule has 1 heteroatoms. The number of hydrogen-bond donors (Lipinski definition) is 0. The van der Waals surface area contributed by atoms with E-state index in [9.17, 15) is 0 Å². The quantitative estimate of drug-likeness (QED) is 0.364. The van der Waals surface area contributed by atoms with Crippen LogP contribution in [-0.2, 0) is 0 Å². The van der Waals surface area contributed by atoms with E-state index in [4.69, 9.17) is 0 Å². The number of hydrogen-bond acceptors (Lipinski definition) is 0. The van der Waals surface area contributed by atoms with Crippen LogP contribution >= 0.6 is 15.9 Å². The van der Waals surface area contributed by atoms with Crippen molar-refractivity contribution >= 4 is 26.7 Å². The molecule has 0 saturated carbocycles. The second-order valence-corrected chi connectivity index (χ2v) is 6.49. The van der Waals surface area contributed by atoms with E-state index in [1.165, 1.54) is 33.0 Å². The average Bonchev–Trinajstić information content (AvgIpc) is 2.62. The van der Waals surface area contributed by atoms with Gasteiger partial charge in [-0.1, -0.05) is 94.8 Å². The number of benzene rings is 4. The van der Waals surface area contributed by atoms with Crippen LogP contribution in [0.5, 0.6) is 0 Å². The molecule has 4 aromatic carbocycles. The zero-order valence-electron chi connectivity index (χ0n) is 12.5. The van der Waals surface area contributed by atoms with Crippen LogP contribution in [0.15, 0.2) is 95.5 Å². The summed E-state index contributed by atoms with van der Waals surface area (Å²) in [5, 5.41) is 2.58. The Morgan fingerprint density at radius 3 is 1.48 bits per heavy atom. The number of rotatable bonds is 2. The lowest BCUT2D eigenvalue weighted by atomic mass is 9.92. The van der Waals surface area contributed by atoms with Crippen LogP contribution in [0.4, 0.5) is 0 Å². The van der Waals surface area contributed by atoms with Crippen molar-refractivity contribution in [3.8, 4) is 22.3 Å². The SMILES string of the molecule is Brc1ccc(-c2ccc(-c3ccccc3)c3ccccc23)cc1. The van der Waals surface area contributed by atoms with Crippen LogP contribution in [-0.4, -0.2) is 0 Å². The predicted octanol–water partition coefficient (Wildman–Crippen LogP) is 6.94. The van der Waals surface area contributed by atoms with E-state index < -0.39 is 0 Å². The third kappa shape index (κ3) is 2.69. The smallest absolute Gasteiger partial charge is 0.0175 e. The number of fused-ring (bicyclic) bond motifs is 1. The van der Waals surface area contributed by atoms with Crippen molar-refractivity contribution in [1.29, 1.82) is 0 Å². The Morgan fingerprint density at radius 1 is 0.435 bits per heavy atom. The maximum absolute atomic E-state index is 3.51. The van der Waals surface area contributed by atoms with Gasteiger partial charge in [-0.15, -0.1) is 0 Å². The van der Waals surface area contributed by atoms with E-state index in [0.717, 1.165) is 4.47 Å². The molecule has 0 aliphatic carbocycles. The highest BCUT2D eigenvalue weighted by atomic mass is 79.9. The highest BCUT2D eigenvalue weighted by Gasteiger charge is 2.08. The summed E-state index contributed by atoms with van der Waals surface area (Å²) in [4.78, 5) is 0. The molecule has 0 saturated heterocycles. The van der Waals surface area contributed by atoms with Crippen LogP contribution in [0, 0.1) is 0 Å². The molecule has 0 spiro atoms. The molecule has 110 valence electrons. The summed E-state index contributed by atoms with van der Waals surface area (Å²) in [5.74, 6) is 0. The van der Waals surface area contributed by atoms with Gasteiger partial charge in [0.05, 0.1) is 0 Å². The van der Waals surface area contributed by atoms with Gasteiger partial charge in [-0.25, -0.2) is 0 Å². The Kier molecular flexibility index (Phi) is 3.72. The van der Waals surface area contributed by atoms with Crippen molar-refractivity contribution in [3.63, 3.8) is 0 Å². The van der Waals surface area contributed by atoms with Gasteiger partial charge in [-0.2, -0.15) is 0 Å². The lowest BCUT2D eigenvalue weighted by Crippen LogP contribution is -1.85. The van der Waals surface area contributed by atoms with Crippen molar-refractivity contribution in [3.05, 3.63) is 95.5 Å². The van der Waals surface area contributed by atoms with Crippen molar-refractivity contribution < 1.29 is 0 Å². The maximum atomic E-state index is 3.51. The molecular weight excluding hydrogens is 344 g/mol. The molecule has 0 aliphatic heterocycles.